The molecule has 0 heterocycles. The normalized spacial score (nSPS) is 11.1. The molecule has 0 spiro atoms. The molecular weight excluding hydrogens is 276 g/mol. The van der Waals surface area contributed by atoms with Gasteiger partial charge in [0.05, 0.1) is 0 Å². The van der Waals surface area contributed by atoms with E-state index in [4.69, 9.17) is 11.6 Å². The van der Waals surface area contributed by atoms with E-state index in [1.54, 1.807) is 17.8 Å². The van der Waals surface area contributed by atoms with Crippen molar-refractivity contribution in [2.45, 2.75) is 43.9 Å². The third kappa shape index (κ3) is 6.31. The van der Waals surface area contributed by atoms with Gasteiger partial charge in [-0.1, -0.05) is 38.3 Å². The fourth-order valence-corrected chi connectivity index (χ4v) is 2.61. The molecule has 0 radical (unpaired) electrons. The molecule has 0 aliphatic carbocycles. The van der Waals surface area contributed by atoms with Gasteiger partial charge in [0.25, 0.3) is 0 Å². The molecule has 0 saturated carbocycles. The highest BCUT2D eigenvalue weighted by Gasteiger charge is 2.01. The van der Waals surface area contributed by atoms with Gasteiger partial charge >= 0.3 is 0 Å². The number of benzene rings is 1. The Hall–Kier alpha value is -0.730. The van der Waals surface area contributed by atoms with Crippen LogP contribution in [0.2, 0.25) is 0 Å². The van der Waals surface area contributed by atoms with Crippen molar-refractivity contribution in [3.63, 3.8) is 0 Å². The topological polar surface area (TPSA) is 17.1 Å². The fraction of sp³-hybridized carbons (Fsp3) is 0.438. The van der Waals surface area contributed by atoms with Crippen LogP contribution in [0.25, 0.3) is 6.08 Å². The summed E-state index contributed by atoms with van der Waals surface area (Å²) in [7, 11) is 0. The Labute approximate surface area is 125 Å². The van der Waals surface area contributed by atoms with Crippen LogP contribution in [0.15, 0.2) is 29.2 Å². The highest BCUT2D eigenvalue weighted by atomic mass is 35.5. The summed E-state index contributed by atoms with van der Waals surface area (Å²) in [6.45, 7) is 2.22. The van der Waals surface area contributed by atoms with Crippen molar-refractivity contribution >= 4 is 34.7 Å². The molecule has 1 aromatic carbocycles. The monoisotopic (exact) mass is 296 g/mol. The lowest BCUT2D eigenvalue weighted by Gasteiger charge is -2.07. The maximum Gasteiger partial charge on any atom is 0.245 e. The van der Waals surface area contributed by atoms with Crippen LogP contribution in [-0.2, 0) is 11.2 Å². The summed E-state index contributed by atoms with van der Waals surface area (Å²) in [6, 6.07) is 6.46. The third-order valence-electron chi connectivity index (χ3n) is 3.01. The Morgan fingerprint density at radius 2 is 2.11 bits per heavy atom. The number of aryl methyl sites for hydroxylation is 1. The van der Waals surface area contributed by atoms with Crippen LogP contribution < -0.4 is 0 Å². The van der Waals surface area contributed by atoms with E-state index in [1.165, 1.54) is 42.2 Å². The molecule has 0 fully saturated rings. The Bertz CT molecular complexity index is 440. The van der Waals surface area contributed by atoms with E-state index >= 15 is 0 Å². The van der Waals surface area contributed by atoms with Gasteiger partial charge in [-0.15, -0.1) is 11.8 Å². The number of allylic oxidation sites excluding steroid dienone is 1. The number of thioether (sulfide) groups is 1. The molecule has 104 valence electrons. The van der Waals surface area contributed by atoms with E-state index in [9.17, 15) is 4.79 Å². The maximum atomic E-state index is 10.8. The minimum Gasteiger partial charge on any atom is -0.276 e. The van der Waals surface area contributed by atoms with E-state index < -0.39 is 5.24 Å². The summed E-state index contributed by atoms with van der Waals surface area (Å²) in [6.07, 6.45) is 11.4. The lowest BCUT2D eigenvalue weighted by molar-refractivity contribution is -0.107. The summed E-state index contributed by atoms with van der Waals surface area (Å²) >= 11 is 7.03. The molecule has 0 bridgehead atoms. The lowest BCUT2D eigenvalue weighted by atomic mass is 10.0. The van der Waals surface area contributed by atoms with Gasteiger partial charge < -0.3 is 0 Å². The van der Waals surface area contributed by atoms with Crippen molar-refractivity contribution in [1.29, 1.82) is 0 Å². The number of carbonyl (C=O) groups excluding carboxylic acids is 1. The van der Waals surface area contributed by atoms with Crippen LogP contribution in [0.4, 0.5) is 0 Å². The van der Waals surface area contributed by atoms with Gasteiger partial charge in [0.2, 0.25) is 5.24 Å². The molecule has 3 heteroatoms. The minimum absolute atomic E-state index is 0.430. The SMILES string of the molecule is CCCCCCc1ccc(SC)c(C=CC(=O)Cl)c1. The second kappa shape index (κ2) is 9.22. The predicted octanol–water partition coefficient (Wildman–Crippen LogP) is 5.31. The molecular formula is C16H21ClOS. The molecule has 1 aromatic rings. The molecule has 19 heavy (non-hydrogen) atoms. The van der Waals surface area contributed by atoms with Gasteiger partial charge in [0.1, 0.15) is 0 Å². The average molecular weight is 297 g/mol. The van der Waals surface area contributed by atoms with E-state index in [2.05, 4.69) is 25.1 Å². The van der Waals surface area contributed by atoms with Gasteiger partial charge in [0.15, 0.2) is 0 Å². The summed E-state index contributed by atoms with van der Waals surface area (Å²) in [5.74, 6) is 0. The standard InChI is InChI=1S/C16H21ClOS/c1-3-4-5-6-7-13-8-10-15(19-2)14(12-13)9-11-16(17)18/h8-12H,3-7H2,1-2H3. The Balaban J connectivity index is 2.74. The molecule has 0 aliphatic heterocycles. The number of hydrogen-bond donors (Lipinski definition) is 0. The summed E-state index contributed by atoms with van der Waals surface area (Å²) < 4.78 is 0. The van der Waals surface area contributed by atoms with Crippen LogP contribution in [0, 0.1) is 0 Å². The van der Waals surface area contributed by atoms with E-state index in [1.807, 2.05) is 6.26 Å². The smallest absolute Gasteiger partial charge is 0.245 e. The second-order valence-corrected chi connectivity index (χ2v) is 5.75. The molecule has 0 saturated heterocycles. The molecule has 0 atom stereocenters. The molecule has 0 unspecified atom stereocenters. The Morgan fingerprint density at radius 1 is 1.32 bits per heavy atom. The molecule has 0 N–H and O–H groups in total. The first kappa shape index (κ1) is 16.3. The highest BCUT2D eigenvalue weighted by Crippen LogP contribution is 2.24. The van der Waals surface area contributed by atoms with Gasteiger partial charge in [0, 0.05) is 4.90 Å². The van der Waals surface area contributed by atoms with Gasteiger partial charge in [-0.2, -0.15) is 0 Å². The molecule has 0 amide bonds. The molecule has 1 rings (SSSR count). The van der Waals surface area contributed by atoms with Crippen LogP contribution in [-0.4, -0.2) is 11.5 Å². The van der Waals surface area contributed by atoms with Gasteiger partial charge in [-0.25, -0.2) is 0 Å². The average Bonchev–Trinajstić information content (AvgIpc) is 2.41. The van der Waals surface area contributed by atoms with Crippen molar-refractivity contribution in [1.82, 2.24) is 0 Å². The largest absolute Gasteiger partial charge is 0.276 e. The molecule has 0 aromatic heterocycles. The zero-order chi connectivity index (χ0) is 14.1. The summed E-state index contributed by atoms with van der Waals surface area (Å²) in [4.78, 5) is 12.0. The van der Waals surface area contributed by atoms with Crippen LogP contribution in [0.5, 0.6) is 0 Å². The van der Waals surface area contributed by atoms with Crippen LogP contribution in [0.1, 0.15) is 43.7 Å². The van der Waals surface area contributed by atoms with Crippen molar-refractivity contribution in [3.8, 4) is 0 Å². The van der Waals surface area contributed by atoms with E-state index in [-0.39, 0.29) is 0 Å². The van der Waals surface area contributed by atoms with Crippen molar-refractivity contribution in [2.24, 2.45) is 0 Å². The summed E-state index contributed by atoms with van der Waals surface area (Å²) in [5, 5.41) is -0.430. The zero-order valence-electron chi connectivity index (χ0n) is 11.6. The van der Waals surface area contributed by atoms with E-state index in [0.29, 0.717) is 0 Å². The van der Waals surface area contributed by atoms with Crippen molar-refractivity contribution < 1.29 is 4.79 Å². The first-order valence-corrected chi connectivity index (χ1v) is 8.32. The molecule has 0 aliphatic rings. The van der Waals surface area contributed by atoms with E-state index in [0.717, 1.165) is 12.0 Å². The van der Waals surface area contributed by atoms with Gasteiger partial charge in [-0.3, -0.25) is 4.79 Å². The minimum atomic E-state index is -0.430. The van der Waals surface area contributed by atoms with Crippen LogP contribution >= 0.6 is 23.4 Å². The predicted molar refractivity (Wildman–Crippen MR) is 86.0 cm³/mol. The Morgan fingerprint density at radius 3 is 2.74 bits per heavy atom. The maximum absolute atomic E-state index is 10.8. The first-order valence-electron chi connectivity index (χ1n) is 6.71. The van der Waals surface area contributed by atoms with Gasteiger partial charge in [-0.05, 0) is 60.0 Å². The summed E-state index contributed by atoms with van der Waals surface area (Å²) in [5.41, 5.74) is 2.41. The van der Waals surface area contributed by atoms with Crippen LogP contribution in [0.3, 0.4) is 0 Å². The first-order chi connectivity index (χ1) is 9.17. The second-order valence-electron chi connectivity index (χ2n) is 4.52. The fourth-order valence-electron chi connectivity index (χ4n) is 1.98. The zero-order valence-corrected chi connectivity index (χ0v) is 13.2. The Kier molecular flexibility index (Phi) is 7.92. The number of halogens is 1. The van der Waals surface area contributed by atoms with Crippen molar-refractivity contribution in [2.75, 3.05) is 6.26 Å². The number of unbranched alkanes of at least 4 members (excludes halogenated alkanes) is 3. The number of carbonyl (C=O) groups is 1. The lowest BCUT2D eigenvalue weighted by Crippen LogP contribution is -1.89. The third-order valence-corrected chi connectivity index (χ3v) is 3.94. The highest BCUT2D eigenvalue weighted by molar-refractivity contribution is 7.98. The molecule has 1 nitrogen and oxygen atoms in total. The van der Waals surface area contributed by atoms with Crippen molar-refractivity contribution in [3.05, 3.63) is 35.4 Å². The number of hydrogen-bond acceptors (Lipinski definition) is 2. The quantitative estimate of drug-likeness (QED) is 0.280. The number of rotatable bonds is 8.